The Bertz CT molecular complexity index is 1170. The molecule has 6 nitrogen and oxygen atoms in total. The zero-order valence-corrected chi connectivity index (χ0v) is 27.4. The van der Waals surface area contributed by atoms with Gasteiger partial charge >= 0.3 is 5.97 Å². The Hall–Kier alpha value is -1.67. The fourth-order valence-electron chi connectivity index (χ4n) is 7.67. The van der Waals surface area contributed by atoms with E-state index in [1.54, 1.807) is 6.07 Å². The van der Waals surface area contributed by atoms with E-state index < -0.39 is 5.97 Å². The molecule has 3 saturated heterocycles. The first-order chi connectivity index (χ1) is 20.8. The van der Waals surface area contributed by atoms with Gasteiger partial charge in [0.1, 0.15) is 0 Å². The summed E-state index contributed by atoms with van der Waals surface area (Å²) in [7, 11) is 2.06. The van der Waals surface area contributed by atoms with Gasteiger partial charge in [0.15, 0.2) is 0 Å². The van der Waals surface area contributed by atoms with Crippen LogP contribution in [0.4, 0.5) is 0 Å². The van der Waals surface area contributed by atoms with E-state index in [1.165, 1.54) is 55.2 Å². The molecule has 3 aliphatic rings. The lowest BCUT2D eigenvalue weighted by molar-refractivity contribution is -0.137. The minimum Gasteiger partial charge on any atom is -0.481 e. The van der Waals surface area contributed by atoms with Crippen molar-refractivity contribution in [2.45, 2.75) is 64.5 Å². The highest BCUT2D eigenvalue weighted by Crippen LogP contribution is 2.34. The van der Waals surface area contributed by atoms with Gasteiger partial charge in [-0.1, -0.05) is 29.3 Å². The molecule has 0 radical (unpaired) electrons. The molecule has 0 unspecified atom stereocenters. The van der Waals surface area contributed by atoms with Crippen molar-refractivity contribution in [3.8, 4) is 11.1 Å². The lowest BCUT2D eigenvalue weighted by Crippen LogP contribution is -2.40. The SMILES string of the molecule is CNCC1CCN(Cc2cc(CN3CCC(C4CCN(CCCC(=O)O)CC4)CC3)cc(-c3cc(Cl)cc(Cl)c3)c2)CC1. The topological polar surface area (TPSA) is 59.0 Å². The second kappa shape index (κ2) is 16.1. The average Bonchev–Trinajstić information content (AvgIpc) is 2.98. The first kappa shape index (κ1) is 32.7. The lowest BCUT2D eigenvalue weighted by Gasteiger charge is -2.40. The fourth-order valence-corrected chi connectivity index (χ4v) is 8.20. The Kier molecular flexibility index (Phi) is 12.2. The normalized spacial score (nSPS) is 20.5. The summed E-state index contributed by atoms with van der Waals surface area (Å²) in [5.74, 6) is 1.74. The van der Waals surface area contributed by atoms with Gasteiger partial charge in [0.2, 0.25) is 0 Å². The van der Waals surface area contributed by atoms with Crippen LogP contribution in [0, 0.1) is 17.8 Å². The second-order valence-electron chi connectivity index (χ2n) is 13.3. The zero-order chi connectivity index (χ0) is 30.2. The molecular formula is C35H50Cl2N4O2. The molecule has 0 spiro atoms. The minimum atomic E-state index is -0.682. The van der Waals surface area contributed by atoms with Crippen LogP contribution in [0.1, 0.15) is 62.5 Å². The summed E-state index contributed by atoms with van der Waals surface area (Å²) in [6.07, 6.45) is 8.65. The highest BCUT2D eigenvalue weighted by molar-refractivity contribution is 6.35. The van der Waals surface area contributed by atoms with Crippen molar-refractivity contribution < 1.29 is 9.90 Å². The maximum atomic E-state index is 10.8. The number of piperidine rings is 3. The summed E-state index contributed by atoms with van der Waals surface area (Å²) in [5.41, 5.74) is 5.04. The number of likely N-dealkylation sites (tertiary alicyclic amines) is 3. The molecule has 2 N–H and O–H groups in total. The van der Waals surface area contributed by atoms with Crippen LogP contribution in [-0.4, -0.2) is 85.2 Å². The predicted molar refractivity (Wildman–Crippen MR) is 178 cm³/mol. The van der Waals surface area contributed by atoms with E-state index in [2.05, 4.69) is 45.3 Å². The van der Waals surface area contributed by atoms with E-state index in [0.29, 0.717) is 10.0 Å². The van der Waals surface area contributed by atoms with E-state index in [-0.39, 0.29) is 6.42 Å². The van der Waals surface area contributed by atoms with Crippen LogP contribution in [0.5, 0.6) is 0 Å². The number of aliphatic carboxylic acids is 1. The van der Waals surface area contributed by atoms with Gasteiger partial charge in [0.05, 0.1) is 0 Å². The molecule has 43 heavy (non-hydrogen) atoms. The van der Waals surface area contributed by atoms with Gasteiger partial charge in [-0.15, -0.1) is 0 Å². The summed E-state index contributed by atoms with van der Waals surface area (Å²) < 4.78 is 0. The molecule has 0 aromatic heterocycles. The Morgan fingerprint density at radius 1 is 0.744 bits per heavy atom. The van der Waals surface area contributed by atoms with Crippen molar-refractivity contribution >= 4 is 29.2 Å². The number of benzene rings is 2. The van der Waals surface area contributed by atoms with Gasteiger partial charge in [0.25, 0.3) is 0 Å². The van der Waals surface area contributed by atoms with Crippen molar-refractivity contribution in [1.29, 1.82) is 0 Å². The van der Waals surface area contributed by atoms with Crippen molar-refractivity contribution in [2.75, 3.05) is 59.4 Å². The largest absolute Gasteiger partial charge is 0.481 e. The van der Waals surface area contributed by atoms with Crippen molar-refractivity contribution in [1.82, 2.24) is 20.0 Å². The molecular weight excluding hydrogens is 579 g/mol. The molecule has 3 aliphatic heterocycles. The number of hydrogen-bond donors (Lipinski definition) is 2. The monoisotopic (exact) mass is 628 g/mol. The van der Waals surface area contributed by atoms with Gasteiger partial charge in [0, 0.05) is 29.6 Å². The molecule has 0 aliphatic carbocycles. The van der Waals surface area contributed by atoms with E-state index in [0.717, 1.165) is 95.2 Å². The van der Waals surface area contributed by atoms with Crippen LogP contribution in [0.15, 0.2) is 36.4 Å². The number of rotatable bonds is 12. The first-order valence-corrected chi connectivity index (χ1v) is 17.2. The Balaban J connectivity index is 1.18. The average molecular weight is 630 g/mol. The third-order valence-corrected chi connectivity index (χ3v) is 10.5. The molecule has 2 aromatic carbocycles. The van der Waals surface area contributed by atoms with Crippen LogP contribution in [0.3, 0.4) is 0 Å². The summed E-state index contributed by atoms with van der Waals surface area (Å²) in [4.78, 5) is 18.6. The molecule has 0 bridgehead atoms. The van der Waals surface area contributed by atoms with Gasteiger partial charge in [-0.05, 0) is 175 Å². The summed E-state index contributed by atoms with van der Waals surface area (Å²) in [5, 5.41) is 13.6. The van der Waals surface area contributed by atoms with Crippen molar-refractivity contribution in [3.05, 3.63) is 57.6 Å². The maximum Gasteiger partial charge on any atom is 0.303 e. The molecule has 5 rings (SSSR count). The van der Waals surface area contributed by atoms with Crippen LogP contribution >= 0.6 is 23.2 Å². The number of carboxylic acids is 1. The van der Waals surface area contributed by atoms with Gasteiger partial charge in [-0.25, -0.2) is 0 Å². The molecule has 0 saturated carbocycles. The molecule has 3 heterocycles. The van der Waals surface area contributed by atoms with Crippen LogP contribution in [0.2, 0.25) is 10.0 Å². The maximum absolute atomic E-state index is 10.8. The van der Waals surface area contributed by atoms with Crippen molar-refractivity contribution in [3.63, 3.8) is 0 Å². The van der Waals surface area contributed by atoms with E-state index >= 15 is 0 Å². The van der Waals surface area contributed by atoms with Crippen LogP contribution in [0.25, 0.3) is 11.1 Å². The van der Waals surface area contributed by atoms with Gasteiger partial charge in [-0.3, -0.25) is 14.6 Å². The number of hydrogen-bond acceptors (Lipinski definition) is 5. The third-order valence-electron chi connectivity index (χ3n) is 10.1. The molecule has 3 fully saturated rings. The van der Waals surface area contributed by atoms with E-state index in [9.17, 15) is 4.79 Å². The zero-order valence-electron chi connectivity index (χ0n) is 25.9. The van der Waals surface area contributed by atoms with Gasteiger partial charge < -0.3 is 15.3 Å². The molecule has 8 heteroatoms. The summed E-state index contributed by atoms with van der Waals surface area (Å²) in [6.45, 7) is 10.9. The number of carbonyl (C=O) groups is 1. The van der Waals surface area contributed by atoms with E-state index in [4.69, 9.17) is 28.3 Å². The highest BCUT2D eigenvalue weighted by Gasteiger charge is 2.29. The molecule has 0 amide bonds. The first-order valence-electron chi connectivity index (χ1n) is 16.5. The second-order valence-corrected chi connectivity index (χ2v) is 14.1. The Morgan fingerprint density at radius 3 is 1.74 bits per heavy atom. The lowest BCUT2D eigenvalue weighted by atomic mass is 9.78. The molecule has 236 valence electrons. The number of nitrogens with zero attached hydrogens (tertiary/aromatic N) is 3. The standard InChI is InChI=1S/C35H50Cl2N4O2/c1-38-23-26-4-11-40(12-5-26)24-27-17-28(19-31(18-27)32-20-33(36)22-34(37)21-32)25-41-15-8-30(9-16-41)29-6-13-39(14-7-29)10-2-3-35(42)43/h17-22,26,29-30,38H,2-16,23-25H2,1H3,(H,42,43). The highest BCUT2D eigenvalue weighted by atomic mass is 35.5. The van der Waals surface area contributed by atoms with Crippen LogP contribution in [-0.2, 0) is 17.9 Å². The summed E-state index contributed by atoms with van der Waals surface area (Å²) >= 11 is 12.8. The third kappa shape index (κ3) is 9.91. The quantitative estimate of drug-likeness (QED) is 0.267. The van der Waals surface area contributed by atoms with Crippen LogP contribution < -0.4 is 5.32 Å². The van der Waals surface area contributed by atoms with Gasteiger partial charge in [-0.2, -0.15) is 0 Å². The number of carboxylic acid groups (broad SMARTS) is 1. The Morgan fingerprint density at radius 2 is 1.23 bits per heavy atom. The number of halogens is 2. The van der Waals surface area contributed by atoms with E-state index in [1.807, 2.05) is 12.1 Å². The summed E-state index contributed by atoms with van der Waals surface area (Å²) in [6, 6.07) is 13.0. The minimum absolute atomic E-state index is 0.283. The fraction of sp³-hybridized carbons (Fsp3) is 0.629. The number of nitrogens with one attached hydrogen (secondary N) is 1. The smallest absolute Gasteiger partial charge is 0.303 e. The Labute approximate surface area is 268 Å². The van der Waals surface area contributed by atoms with Crippen molar-refractivity contribution in [2.24, 2.45) is 17.8 Å². The molecule has 2 aromatic rings. The predicted octanol–water partition coefficient (Wildman–Crippen LogP) is 6.88. The molecule has 0 atom stereocenters.